The zero-order valence-corrected chi connectivity index (χ0v) is 16.1. The van der Waals surface area contributed by atoms with Gasteiger partial charge in [0.25, 0.3) is 0 Å². The molecule has 29 heavy (non-hydrogen) atoms. The minimum Gasteiger partial charge on any atom is -0.497 e. The van der Waals surface area contributed by atoms with E-state index in [0.717, 1.165) is 22.6 Å². The standard InChI is InChI=1S/C21H20N6O2/c1-14-25-27(21(28)26(14)13-15-4-3-5-18(12-15)29-2)17-8-6-16(7-9-17)19-10-11-23-20(22)24-19/h3-12H,13H2,1-2H3,(H2,22,23,24). The second kappa shape index (κ2) is 7.59. The molecule has 0 fully saturated rings. The van der Waals surface area contributed by atoms with Crippen LogP contribution in [-0.2, 0) is 6.54 Å². The Labute approximate surface area is 167 Å². The number of benzene rings is 2. The van der Waals surface area contributed by atoms with E-state index in [1.165, 1.54) is 4.68 Å². The summed E-state index contributed by atoms with van der Waals surface area (Å²) < 4.78 is 8.29. The second-order valence-corrected chi connectivity index (χ2v) is 6.53. The molecule has 8 nitrogen and oxygen atoms in total. The highest BCUT2D eigenvalue weighted by Crippen LogP contribution is 2.19. The van der Waals surface area contributed by atoms with Crippen molar-refractivity contribution in [1.29, 1.82) is 0 Å². The summed E-state index contributed by atoms with van der Waals surface area (Å²) in [7, 11) is 1.62. The summed E-state index contributed by atoms with van der Waals surface area (Å²) in [4.78, 5) is 21.1. The van der Waals surface area contributed by atoms with Crippen LogP contribution in [0.3, 0.4) is 0 Å². The third-order valence-corrected chi connectivity index (χ3v) is 4.60. The average Bonchev–Trinajstić information content (AvgIpc) is 3.02. The Morgan fingerprint density at radius 2 is 1.90 bits per heavy atom. The van der Waals surface area contributed by atoms with E-state index in [0.29, 0.717) is 18.1 Å². The lowest BCUT2D eigenvalue weighted by Crippen LogP contribution is -2.24. The molecule has 0 saturated heterocycles. The molecule has 0 aliphatic carbocycles. The fraction of sp³-hybridized carbons (Fsp3) is 0.143. The molecule has 0 unspecified atom stereocenters. The maximum absolute atomic E-state index is 12.9. The summed E-state index contributed by atoms with van der Waals surface area (Å²) >= 11 is 0. The minimum absolute atomic E-state index is 0.204. The van der Waals surface area contributed by atoms with Crippen LogP contribution in [0.5, 0.6) is 5.75 Å². The van der Waals surface area contributed by atoms with Gasteiger partial charge in [-0.2, -0.15) is 9.78 Å². The number of ether oxygens (including phenoxy) is 1. The summed E-state index contributed by atoms with van der Waals surface area (Å²) in [6.07, 6.45) is 1.61. The van der Waals surface area contributed by atoms with Crippen molar-refractivity contribution in [3.05, 3.63) is 82.7 Å². The van der Waals surface area contributed by atoms with Crippen LogP contribution in [0.15, 0.2) is 65.6 Å². The number of anilines is 1. The van der Waals surface area contributed by atoms with Gasteiger partial charge in [-0.05, 0) is 42.8 Å². The van der Waals surface area contributed by atoms with E-state index in [2.05, 4.69) is 15.1 Å². The Bertz CT molecular complexity index is 1210. The van der Waals surface area contributed by atoms with Crippen molar-refractivity contribution in [1.82, 2.24) is 24.3 Å². The van der Waals surface area contributed by atoms with Gasteiger partial charge < -0.3 is 10.5 Å². The van der Waals surface area contributed by atoms with E-state index >= 15 is 0 Å². The normalized spacial score (nSPS) is 10.8. The van der Waals surface area contributed by atoms with E-state index in [1.54, 1.807) is 23.9 Å². The van der Waals surface area contributed by atoms with Gasteiger partial charge in [0.2, 0.25) is 5.95 Å². The number of nitrogens with two attached hydrogens (primary N) is 1. The van der Waals surface area contributed by atoms with Crippen LogP contribution in [-0.4, -0.2) is 31.4 Å². The molecule has 0 radical (unpaired) electrons. The average molecular weight is 388 g/mol. The molecule has 8 heteroatoms. The third kappa shape index (κ3) is 3.73. The third-order valence-electron chi connectivity index (χ3n) is 4.60. The highest BCUT2D eigenvalue weighted by atomic mass is 16.5. The monoisotopic (exact) mass is 388 g/mol. The zero-order valence-electron chi connectivity index (χ0n) is 16.1. The highest BCUT2D eigenvalue weighted by Gasteiger charge is 2.13. The molecule has 4 aromatic rings. The van der Waals surface area contributed by atoms with Crippen LogP contribution < -0.4 is 16.2 Å². The molecule has 0 aliphatic rings. The van der Waals surface area contributed by atoms with Gasteiger partial charge in [-0.15, -0.1) is 0 Å². The summed E-state index contributed by atoms with van der Waals surface area (Å²) in [5.74, 6) is 1.60. The molecule has 2 N–H and O–H groups in total. The molecule has 146 valence electrons. The maximum atomic E-state index is 12.9. The lowest BCUT2D eigenvalue weighted by atomic mass is 10.1. The minimum atomic E-state index is -0.204. The van der Waals surface area contributed by atoms with E-state index < -0.39 is 0 Å². The van der Waals surface area contributed by atoms with Crippen molar-refractivity contribution in [2.45, 2.75) is 13.5 Å². The molecule has 0 aliphatic heterocycles. The first-order chi connectivity index (χ1) is 14.0. The van der Waals surface area contributed by atoms with Crippen molar-refractivity contribution >= 4 is 5.95 Å². The number of aromatic nitrogens is 5. The van der Waals surface area contributed by atoms with Crippen molar-refractivity contribution in [2.24, 2.45) is 0 Å². The predicted molar refractivity (Wildman–Crippen MR) is 110 cm³/mol. The van der Waals surface area contributed by atoms with Crippen molar-refractivity contribution in [3.8, 4) is 22.7 Å². The molecule has 0 amide bonds. The molecule has 4 rings (SSSR count). The van der Waals surface area contributed by atoms with Crippen molar-refractivity contribution in [3.63, 3.8) is 0 Å². The van der Waals surface area contributed by atoms with Crippen molar-refractivity contribution < 1.29 is 4.74 Å². The van der Waals surface area contributed by atoms with Gasteiger partial charge >= 0.3 is 5.69 Å². The van der Waals surface area contributed by atoms with E-state index in [4.69, 9.17) is 10.5 Å². The quantitative estimate of drug-likeness (QED) is 0.564. The number of hydrogen-bond donors (Lipinski definition) is 1. The number of methoxy groups -OCH3 is 1. The Morgan fingerprint density at radius 3 is 2.62 bits per heavy atom. The topological polar surface area (TPSA) is 101 Å². The molecule has 0 bridgehead atoms. The molecule has 2 aromatic heterocycles. The fourth-order valence-electron chi connectivity index (χ4n) is 3.11. The smallest absolute Gasteiger partial charge is 0.351 e. The predicted octanol–water partition coefficient (Wildman–Crippen LogP) is 2.44. The molecule has 2 heterocycles. The lowest BCUT2D eigenvalue weighted by molar-refractivity contribution is 0.414. The summed E-state index contributed by atoms with van der Waals surface area (Å²) in [6.45, 7) is 2.23. The van der Waals surface area contributed by atoms with Gasteiger partial charge in [0, 0.05) is 11.8 Å². The van der Waals surface area contributed by atoms with Gasteiger partial charge in [-0.1, -0.05) is 24.3 Å². The first-order valence-corrected chi connectivity index (χ1v) is 9.04. The van der Waals surface area contributed by atoms with E-state index in [-0.39, 0.29) is 11.6 Å². The molecule has 2 aromatic carbocycles. The van der Waals surface area contributed by atoms with E-state index in [1.807, 2.05) is 55.5 Å². The van der Waals surface area contributed by atoms with E-state index in [9.17, 15) is 4.79 Å². The molecular weight excluding hydrogens is 368 g/mol. The van der Waals surface area contributed by atoms with Gasteiger partial charge in [-0.25, -0.2) is 14.8 Å². The molecular formula is C21H20N6O2. The summed E-state index contributed by atoms with van der Waals surface area (Å²) in [6, 6.07) is 16.8. The molecule has 0 saturated carbocycles. The van der Waals surface area contributed by atoms with Crippen molar-refractivity contribution in [2.75, 3.05) is 12.8 Å². The van der Waals surface area contributed by atoms with Crippen LogP contribution in [0.2, 0.25) is 0 Å². The van der Waals surface area contributed by atoms with Crippen LogP contribution in [0, 0.1) is 6.92 Å². The van der Waals surface area contributed by atoms with Crippen LogP contribution in [0.25, 0.3) is 16.9 Å². The lowest BCUT2D eigenvalue weighted by Gasteiger charge is -2.06. The molecule has 0 atom stereocenters. The Balaban J connectivity index is 1.64. The van der Waals surface area contributed by atoms with Crippen LogP contribution in [0.4, 0.5) is 5.95 Å². The Morgan fingerprint density at radius 1 is 1.10 bits per heavy atom. The number of rotatable bonds is 5. The van der Waals surface area contributed by atoms with Gasteiger partial charge in [-0.3, -0.25) is 4.57 Å². The highest BCUT2D eigenvalue weighted by molar-refractivity contribution is 5.61. The van der Waals surface area contributed by atoms with Crippen LogP contribution >= 0.6 is 0 Å². The zero-order chi connectivity index (χ0) is 20.4. The van der Waals surface area contributed by atoms with Gasteiger partial charge in [0.05, 0.1) is 25.0 Å². The number of nitrogens with zero attached hydrogens (tertiary/aromatic N) is 5. The SMILES string of the molecule is COc1cccc(Cn2c(C)nn(-c3ccc(-c4ccnc(N)n4)cc3)c2=O)c1. The number of hydrogen-bond acceptors (Lipinski definition) is 6. The first kappa shape index (κ1) is 18.4. The Hall–Kier alpha value is -3.94. The second-order valence-electron chi connectivity index (χ2n) is 6.53. The maximum Gasteiger partial charge on any atom is 0.351 e. The first-order valence-electron chi connectivity index (χ1n) is 9.04. The largest absolute Gasteiger partial charge is 0.497 e. The van der Waals surface area contributed by atoms with Gasteiger partial charge in [0.15, 0.2) is 0 Å². The number of aryl methyl sites for hydroxylation is 1. The fourth-order valence-corrected chi connectivity index (χ4v) is 3.11. The van der Waals surface area contributed by atoms with Gasteiger partial charge in [0.1, 0.15) is 11.6 Å². The summed E-state index contributed by atoms with van der Waals surface area (Å²) in [5, 5.41) is 4.43. The van der Waals surface area contributed by atoms with Crippen LogP contribution in [0.1, 0.15) is 11.4 Å². The molecule has 0 spiro atoms. The number of nitrogen functional groups attached to an aromatic ring is 1. The summed E-state index contributed by atoms with van der Waals surface area (Å²) in [5.41, 5.74) is 8.68. The Kier molecular flexibility index (Phi) is 4.82.